The summed E-state index contributed by atoms with van der Waals surface area (Å²) >= 11 is 0. The quantitative estimate of drug-likeness (QED) is 0.819. The predicted octanol–water partition coefficient (Wildman–Crippen LogP) is 0.630. The number of hydrogen-bond acceptors (Lipinski definition) is 3. The highest BCUT2D eigenvalue weighted by Gasteiger charge is 2.21. The second kappa shape index (κ2) is 4.91. The second-order valence-corrected chi connectivity index (χ2v) is 4.93. The number of carbonyl (C=O) groups is 2. The van der Waals surface area contributed by atoms with Crippen molar-refractivity contribution in [1.29, 1.82) is 0 Å². The van der Waals surface area contributed by atoms with E-state index >= 15 is 0 Å². The molecular weight excluding hydrogens is 244 g/mol. The van der Waals surface area contributed by atoms with E-state index in [1.807, 2.05) is 12.1 Å². The minimum absolute atomic E-state index is 0.0229. The average Bonchev–Trinajstić information content (AvgIpc) is 2.88. The predicted molar refractivity (Wildman–Crippen MR) is 69.1 cm³/mol. The van der Waals surface area contributed by atoms with E-state index in [1.54, 1.807) is 6.07 Å². The fraction of sp³-hybridized carbons (Fsp3) is 0.429. The van der Waals surface area contributed by atoms with Crippen LogP contribution in [-0.4, -0.2) is 31.0 Å². The van der Waals surface area contributed by atoms with Gasteiger partial charge in [-0.1, -0.05) is 0 Å². The Labute approximate surface area is 111 Å². The minimum atomic E-state index is -0.0872. The molecule has 1 unspecified atom stereocenters. The lowest BCUT2D eigenvalue weighted by molar-refractivity contribution is -0.122. The summed E-state index contributed by atoms with van der Waals surface area (Å²) in [5, 5.41) is 5.71. The molecule has 2 aliphatic rings. The van der Waals surface area contributed by atoms with Crippen LogP contribution in [0.3, 0.4) is 0 Å². The lowest BCUT2D eigenvalue weighted by Gasteiger charge is -2.23. The van der Waals surface area contributed by atoms with E-state index in [9.17, 15) is 9.59 Å². The van der Waals surface area contributed by atoms with Crippen molar-refractivity contribution in [2.75, 3.05) is 13.2 Å². The first-order valence-electron chi connectivity index (χ1n) is 6.55. The Balaban J connectivity index is 1.65. The van der Waals surface area contributed by atoms with Crippen LogP contribution in [0.4, 0.5) is 0 Å². The van der Waals surface area contributed by atoms with Crippen LogP contribution in [0.25, 0.3) is 0 Å². The summed E-state index contributed by atoms with van der Waals surface area (Å²) in [6.07, 6.45) is 2.03. The molecule has 5 nitrogen and oxygen atoms in total. The van der Waals surface area contributed by atoms with Crippen LogP contribution in [0.5, 0.6) is 5.75 Å². The molecule has 1 fully saturated rings. The van der Waals surface area contributed by atoms with Gasteiger partial charge >= 0.3 is 0 Å². The molecule has 2 heterocycles. The summed E-state index contributed by atoms with van der Waals surface area (Å²) in [6.45, 7) is 1.20. The monoisotopic (exact) mass is 260 g/mol. The first kappa shape index (κ1) is 12.0. The molecule has 3 rings (SSSR count). The SMILES string of the molecule is O=C1CCC(NC(=O)c2ccc3c(c2)CCO3)CN1. The van der Waals surface area contributed by atoms with Crippen molar-refractivity contribution in [2.45, 2.75) is 25.3 Å². The van der Waals surface area contributed by atoms with Gasteiger partial charge in [0.05, 0.1) is 6.61 Å². The molecule has 5 heteroatoms. The van der Waals surface area contributed by atoms with Gasteiger partial charge in [0, 0.05) is 31.0 Å². The van der Waals surface area contributed by atoms with E-state index in [0.717, 1.165) is 17.7 Å². The molecule has 100 valence electrons. The molecule has 0 radical (unpaired) electrons. The van der Waals surface area contributed by atoms with Crippen LogP contribution >= 0.6 is 0 Å². The zero-order valence-corrected chi connectivity index (χ0v) is 10.6. The van der Waals surface area contributed by atoms with Gasteiger partial charge in [-0.15, -0.1) is 0 Å². The lowest BCUT2D eigenvalue weighted by atomic mass is 10.0. The minimum Gasteiger partial charge on any atom is -0.493 e. The molecule has 0 aliphatic carbocycles. The number of amides is 2. The Bertz CT molecular complexity index is 517. The maximum atomic E-state index is 12.1. The smallest absolute Gasteiger partial charge is 0.251 e. The number of carbonyl (C=O) groups excluding carboxylic acids is 2. The highest BCUT2D eigenvalue weighted by molar-refractivity contribution is 5.95. The van der Waals surface area contributed by atoms with Crippen molar-refractivity contribution in [3.8, 4) is 5.75 Å². The lowest BCUT2D eigenvalue weighted by Crippen LogP contribution is -2.47. The van der Waals surface area contributed by atoms with Gasteiger partial charge in [0.1, 0.15) is 5.75 Å². The maximum Gasteiger partial charge on any atom is 0.251 e. The topological polar surface area (TPSA) is 67.4 Å². The van der Waals surface area contributed by atoms with Crippen LogP contribution in [0.15, 0.2) is 18.2 Å². The summed E-state index contributed by atoms with van der Waals surface area (Å²) in [7, 11) is 0. The Kier molecular flexibility index (Phi) is 3.11. The Morgan fingerprint density at radius 3 is 3.05 bits per heavy atom. The number of ether oxygens (including phenoxy) is 1. The molecule has 19 heavy (non-hydrogen) atoms. The van der Waals surface area contributed by atoms with Crippen molar-refractivity contribution < 1.29 is 14.3 Å². The van der Waals surface area contributed by atoms with E-state index in [4.69, 9.17) is 4.74 Å². The van der Waals surface area contributed by atoms with E-state index < -0.39 is 0 Å². The van der Waals surface area contributed by atoms with Crippen molar-refractivity contribution in [2.24, 2.45) is 0 Å². The number of fused-ring (bicyclic) bond motifs is 1. The molecule has 1 saturated heterocycles. The number of benzene rings is 1. The second-order valence-electron chi connectivity index (χ2n) is 4.93. The molecular formula is C14H16N2O3. The van der Waals surface area contributed by atoms with E-state index in [1.165, 1.54) is 0 Å². The highest BCUT2D eigenvalue weighted by Crippen LogP contribution is 2.25. The first-order valence-corrected chi connectivity index (χ1v) is 6.55. The van der Waals surface area contributed by atoms with Gasteiger partial charge < -0.3 is 15.4 Å². The maximum absolute atomic E-state index is 12.1. The van der Waals surface area contributed by atoms with Crippen molar-refractivity contribution in [3.05, 3.63) is 29.3 Å². The van der Waals surface area contributed by atoms with Gasteiger partial charge in [-0.05, 0) is 30.2 Å². The summed E-state index contributed by atoms with van der Waals surface area (Å²) < 4.78 is 5.42. The van der Waals surface area contributed by atoms with E-state index in [2.05, 4.69) is 10.6 Å². The molecule has 0 aromatic heterocycles. The third-order valence-corrected chi connectivity index (χ3v) is 3.55. The summed E-state index contributed by atoms with van der Waals surface area (Å²) in [5.74, 6) is 0.845. The van der Waals surface area contributed by atoms with Crippen LogP contribution in [-0.2, 0) is 11.2 Å². The molecule has 2 amide bonds. The van der Waals surface area contributed by atoms with Crippen LogP contribution < -0.4 is 15.4 Å². The zero-order chi connectivity index (χ0) is 13.2. The molecule has 2 N–H and O–H groups in total. The molecule has 0 spiro atoms. The summed E-state index contributed by atoms with van der Waals surface area (Å²) in [5.41, 5.74) is 1.74. The number of hydrogen-bond donors (Lipinski definition) is 2. The van der Waals surface area contributed by atoms with Crippen LogP contribution in [0.1, 0.15) is 28.8 Å². The highest BCUT2D eigenvalue weighted by atomic mass is 16.5. The number of piperidine rings is 1. The van der Waals surface area contributed by atoms with Gasteiger partial charge in [-0.2, -0.15) is 0 Å². The fourth-order valence-corrected chi connectivity index (χ4v) is 2.45. The Hall–Kier alpha value is -2.04. The van der Waals surface area contributed by atoms with E-state index in [-0.39, 0.29) is 17.9 Å². The van der Waals surface area contributed by atoms with Gasteiger partial charge in [0.25, 0.3) is 5.91 Å². The molecule has 2 aliphatic heterocycles. The van der Waals surface area contributed by atoms with Gasteiger partial charge in [0.15, 0.2) is 0 Å². The van der Waals surface area contributed by atoms with Crippen LogP contribution in [0, 0.1) is 0 Å². The molecule has 0 bridgehead atoms. The Morgan fingerprint density at radius 1 is 1.37 bits per heavy atom. The van der Waals surface area contributed by atoms with Crippen LogP contribution in [0.2, 0.25) is 0 Å². The Morgan fingerprint density at radius 2 is 2.26 bits per heavy atom. The standard InChI is InChI=1S/C14H16N2O3/c17-13-4-2-11(8-15-13)16-14(18)10-1-3-12-9(7-10)5-6-19-12/h1,3,7,11H,2,4-6,8H2,(H,15,17)(H,16,18). The first-order chi connectivity index (χ1) is 9.22. The number of nitrogens with one attached hydrogen (secondary N) is 2. The van der Waals surface area contributed by atoms with Gasteiger partial charge in [-0.3, -0.25) is 9.59 Å². The molecule has 1 aromatic rings. The van der Waals surface area contributed by atoms with Crippen molar-refractivity contribution in [1.82, 2.24) is 10.6 Å². The zero-order valence-electron chi connectivity index (χ0n) is 10.6. The molecule has 0 saturated carbocycles. The van der Waals surface area contributed by atoms with Crippen molar-refractivity contribution >= 4 is 11.8 Å². The fourth-order valence-electron chi connectivity index (χ4n) is 2.45. The third kappa shape index (κ3) is 2.54. The van der Waals surface area contributed by atoms with E-state index in [0.29, 0.717) is 31.6 Å². The van der Waals surface area contributed by atoms with Gasteiger partial charge in [-0.25, -0.2) is 0 Å². The normalized spacial score (nSPS) is 21.3. The van der Waals surface area contributed by atoms with Crippen molar-refractivity contribution in [3.63, 3.8) is 0 Å². The number of rotatable bonds is 2. The average molecular weight is 260 g/mol. The van der Waals surface area contributed by atoms with Gasteiger partial charge in [0.2, 0.25) is 5.91 Å². The summed E-state index contributed by atoms with van der Waals surface area (Å²) in [6, 6.07) is 5.54. The molecule has 1 aromatic carbocycles. The largest absolute Gasteiger partial charge is 0.493 e. The summed E-state index contributed by atoms with van der Waals surface area (Å²) in [4.78, 5) is 23.2. The third-order valence-electron chi connectivity index (χ3n) is 3.55. The molecule has 1 atom stereocenters.